The second-order valence-electron chi connectivity index (χ2n) is 4.23. The zero-order valence-corrected chi connectivity index (χ0v) is 10.8. The van der Waals surface area contributed by atoms with Crippen molar-refractivity contribution in [3.05, 3.63) is 33.8 Å². The highest BCUT2D eigenvalue weighted by molar-refractivity contribution is 6.42. The van der Waals surface area contributed by atoms with Crippen molar-refractivity contribution >= 4 is 34.8 Å². The van der Waals surface area contributed by atoms with E-state index in [9.17, 15) is 0 Å². The van der Waals surface area contributed by atoms with Crippen molar-refractivity contribution in [2.24, 2.45) is 5.92 Å². The van der Waals surface area contributed by atoms with Crippen molar-refractivity contribution in [1.82, 2.24) is 0 Å². The van der Waals surface area contributed by atoms with Gasteiger partial charge in [0, 0.05) is 5.38 Å². The van der Waals surface area contributed by atoms with Crippen molar-refractivity contribution < 1.29 is 0 Å². The van der Waals surface area contributed by atoms with E-state index in [-0.39, 0.29) is 0 Å². The van der Waals surface area contributed by atoms with E-state index in [0.29, 0.717) is 27.3 Å². The van der Waals surface area contributed by atoms with Gasteiger partial charge < -0.3 is 0 Å². The van der Waals surface area contributed by atoms with Gasteiger partial charge in [-0.15, -0.1) is 11.6 Å². The van der Waals surface area contributed by atoms with Crippen molar-refractivity contribution in [2.75, 3.05) is 0 Å². The van der Waals surface area contributed by atoms with Crippen molar-refractivity contribution in [3.63, 3.8) is 0 Å². The van der Waals surface area contributed by atoms with E-state index in [2.05, 4.69) is 13.0 Å². The van der Waals surface area contributed by atoms with Gasteiger partial charge in [-0.3, -0.25) is 0 Å². The van der Waals surface area contributed by atoms with Gasteiger partial charge in [-0.25, -0.2) is 0 Å². The lowest BCUT2D eigenvalue weighted by Gasteiger charge is -2.17. The highest BCUT2D eigenvalue weighted by Gasteiger charge is 2.32. The second-order valence-corrected chi connectivity index (χ2v) is 5.61. The van der Waals surface area contributed by atoms with Crippen LogP contribution < -0.4 is 0 Å². The van der Waals surface area contributed by atoms with Gasteiger partial charge in [-0.2, -0.15) is 0 Å². The average molecular weight is 264 g/mol. The molecule has 82 valence electrons. The molecule has 0 nitrogen and oxygen atoms in total. The molecule has 3 heteroatoms. The Morgan fingerprint density at radius 2 is 1.87 bits per heavy atom. The minimum absolute atomic E-state index is 0.296. The van der Waals surface area contributed by atoms with Crippen LogP contribution in [0.25, 0.3) is 0 Å². The summed E-state index contributed by atoms with van der Waals surface area (Å²) in [6, 6.07) is 5.90. The van der Waals surface area contributed by atoms with Gasteiger partial charge in [0.1, 0.15) is 0 Å². The van der Waals surface area contributed by atoms with E-state index >= 15 is 0 Å². The van der Waals surface area contributed by atoms with E-state index in [0.717, 1.165) is 12.8 Å². The summed E-state index contributed by atoms with van der Waals surface area (Å²) in [4.78, 5) is 0. The van der Waals surface area contributed by atoms with Gasteiger partial charge in [0.05, 0.1) is 10.0 Å². The smallest absolute Gasteiger partial charge is 0.0595 e. The van der Waals surface area contributed by atoms with Crippen LogP contribution in [0.4, 0.5) is 0 Å². The van der Waals surface area contributed by atoms with Crippen LogP contribution in [-0.2, 0) is 0 Å². The van der Waals surface area contributed by atoms with E-state index < -0.39 is 0 Å². The van der Waals surface area contributed by atoms with Crippen molar-refractivity contribution in [3.8, 4) is 0 Å². The Kier molecular flexibility index (Phi) is 3.49. The molecule has 15 heavy (non-hydrogen) atoms. The van der Waals surface area contributed by atoms with Gasteiger partial charge in [-0.05, 0) is 42.4 Å². The Bertz CT molecular complexity index is 362. The summed E-state index contributed by atoms with van der Waals surface area (Å²) in [5.41, 5.74) is 1.26. The molecule has 1 saturated carbocycles. The van der Waals surface area contributed by atoms with E-state index in [1.807, 2.05) is 12.1 Å². The normalized spacial score (nSPS) is 30.8. The molecule has 0 heterocycles. The molecule has 0 aliphatic heterocycles. The van der Waals surface area contributed by atoms with Crippen LogP contribution in [0.15, 0.2) is 18.2 Å². The molecule has 3 unspecified atom stereocenters. The monoisotopic (exact) mass is 262 g/mol. The van der Waals surface area contributed by atoms with Crippen molar-refractivity contribution in [2.45, 2.75) is 31.1 Å². The van der Waals surface area contributed by atoms with Crippen LogP contribution in [0.1, 0.15) is 31.2 Å². The first-order chi connectivity index (χ1) is 7.09. The largest absolute Gasteiger partial charge is 0.123 e. The molecular weight excluding hydrogens is 250 g/mol. The summed E-state index contributed by atoms with van der Waals surface area (Å²) < 4.78 is 0. The Morgan fingerprint density at radius 3 is 2.40 bits per heavy atom. The summed E-state index contributed by atoms with van der Waals surface area (Å²) in [6.45, 7) is 2.21. The zero-order chi connectivity index (χ0) is 11.0. The molecule has 1 aromatic carbocycles. The molecule has 1 aliphatic rings. The fourth-order valence-electron chi connectivity index (χ4n) is 2.33. The van der Waals surface area contributed by atoms with Gasteiger partial charge >= 0.3 is 0 Å². The Morgan fingerprint density at radius 1 is 1.13 bits per heavy atom. The standard InChI is InChI=1S/C12H13Cl3/c1-7-9(3-5-10(7)13)8-2-4-11(14)12(15)6-8/h2,4,6-7,9-10H,3,5H2,1H3. The molecule has 0 N–H and O–H groups in total. The number of alkyl halides is 1. The number of halogens is 3. The lowest BCUT2D eigenvalue weighted by atomic mass is 9.90. The lowest BCUT2D eigenvalue weighted by Crippen LogP contribution is -2.09. The van der Waals surface area contributed by atoms with Gasteiger partial charge in [0.15, 0.2) is 0 Å². The fourth-order valence-corrected chi connectivity index (χ4v) is 2.94. The highest BCUT2D eigenvalue weighted by atomic mass is 35.5. The van der Waals surface area contributed by atoms with E-state index in [1.54, 1.807) is 0 Å². The topological polar surface area (TPSA) is 0 Å². The molecule has 1 fully saturated rings. The first-order valence-corrected chi connectivity index (χ1v) is 6.38. The van der Waals surface area contributed by atoms with E-state index in [1.165, 1.54) is 5.56 Å². The molecule has 0 spiro atoms. The molecule has 1 aliphatic carbocycles. The molecule has 1 aromatic rings. The summed E-state index contributed by atoms with van der Waals surface area (Å²) in [5, 5.41) is 1.55. The molecular formula is C12H13Cl3. The SMILES string of the molecule is CC1C(Cl)CCC1c1ccc(Cl)c(Cl)c1. The first kappa shape index (κ1) is 11.6. The number of hydrogen-bond acceptors (Lipinski definition) is 0. The molecule has 0 radical (unpaired) electrons. The number of benzene rings is 1. The third-order valence-corrected chi connectivity index (χ3v) is 4.69. The van der Waals surface area contributed by atoms with Crippen LogP contribution in [-0.4, -0.2) is 5.38 Å². The average Bonchev–Trinajstić information content (AvgIpc) is 2.53. The van der Waals surface area contributed by atoms with Gasteiger partial charge in [-0.1, -0.05) is 36.2 Å². The first-order valence-electron chi connectivity index (χ1n) is 5.18. The van der Waals surface area contributed by atoms with Gasteiger partial charge in [0.25, 0.3) is 0 Å². The molecule has 3 atom stereocenters. The number of rotatable bonds is 1. The Labute approximate surface area is 106 Å². The minimum Gasteiger partial charge on any atom is -0.123 e. The number of hydrogen-bond donors (Lipinski definition) is 0. The highest BCUT2D eigenvalue weighted by Crippen LogP contribution is 2.43. The van der Waals surface area contributed by atoms with Crippen LogP contribution in [0.5, 0.6) is 0 Å². The van der Waals surface area contributed by atoms with Crippen LogP contribution in [0, 0.1) is 5.92 Å². The maximum atomic E-state index is 6.22. The van der Waals surface area contributed by atoms with E-state index in [4.69, 9.17) is 34.8 Å². The van der Waals surface area contributed by atoms with Crippen LogP contribution >= 0.6 is 34.8 Å². The molecule has 0 saturated heterocycles. The second kappa shape index (κ2) is 4.53. The van der Waals surface area contributed by atoms with Crippen LogP contribution in [0.3, 0.4) is 0 Å². The zero-order valence-electron chi connectivity index (χ0n) is 8.51. The lowest BCUT2D eigenvalue weighted by molar-refractivity contribution is 0.538. The van der Waals surface area contributed by atoms with Crippen LogP contribution in [0.2, 0.25) is 10.0 Å². The quantitative estimate of drug-likeness (QED) is 0.617. The predicted octanol–water partition coefficient (Wildman–Crippen LogP) is 5.11. The third kappa shape index (κ3) is 2.27. The fraction of sp³-hybridized carbons (Fsp3) is 0.500. The van der Waals surface area contributed by atoms with Crippen molar-refractivity contribution in [1.29, 1.82) is 0 Å². The predicted molar refractivity (Wildman–Crippen MR) is 67.2 cm³/mol. The third-order valence-electron chi connectivity index (χ3n) is 3.33. The summed E-state index contributed by atoms with van der Waals surface area (Å²) in [7, 11) is 0. The Balaban J connectivity index is 2.26. The summed E-state index contributed by atoms with van der Waals surface area (Å²) in [5.74, 6) is 1.05. The Hall–Kier alpha value is 0.0900. The minimum atomic E-state index is 0.296. The maximum Gasteiger partial charge on any atom is 0.0595 e. The molecule has 0 amide bonds. The summed E-state index contributed by atoms with van der Waals surface area (Å²) in [6.07, 6.45) is 2.24. The van der Waals surface area contributed by atoms with Gasteiger partial charge in [0.2, 0.25) is 0 Å². The summed E-state index contributed by atoms with van der Waals surface area (Å²) >= 11 is 18.1. The molecule has 2 rings (SSSR count). The maximum absolute atomic E-state index is 6.22. The molecule has 0 bridgehead atoms. The molecule has 0 aromatic heterocycles.